The third-order valence-corrected chi connectivity index (χ3v) is 5.49. The Morgan fingerprint density at radius 3 is 0.963 bits per heavy atom. The molecule has 0 bridgehead atoms. The van der Waals surface area contributed by atoms with Gasteiger partial charge in [0.2, 0.25) is 0 Å². The first-order valence-corrected chi connectivity index (χ1v) is 8.97. The Hall–Kier alpha value is -2.18. The SMILES string of the molecule is [C-]#[O+].[C-]#[O+].[CH2]C=C.[Co].c1ccc(P(c2ccccc2)c2ccccc2)cc1. The molecule has 138 valence electrons. The molecular formula is C23H20CoO2P. The van der Waals surface area contributed by atoms with Crippen LogP contribution in [0.1, 0.15) is 0 Å². The maximum atomic E-state index is 7.50. The second-order valence-corrected chi connectivity index (χ2v) is 6.85. The van der Waals surface area contributed by atoms with Gasteiger partial charge < -0.3 is 0 Å². The van der Waals surface area contributed by atoms with Crippen molar-refractivity contribution in [2.75, 3.05) is 0 Å². The molecule has 0 spiro atoms. The van der Waals surface area contributed by atoms with Crippen LogP contribution in [0.4, 0.5) is 0 Å². The fraction of sp³-hybridized carbons (Fsp3) is 0. The van der Waals surface area contributed by atoms with Crippen molar-refractivity contribution < 1.29 is 26.1 Å². The van der Waals surface area contributed by atoms with Crippen LogP contribution in [0.2, 0.25) is 0 Å². The predicted octanol–water partition coefficient (Wildman–Crippen LogP) is 4.37. The molecule has 2 nitrogen and oxygen atoms in total. The van der Waals surface area contributed by atoms with Gasteiger partial charge in [-0.15, -0.1) is 6.58 Å². The normalized spacial score (nSPS) is 8.07. The van der Waals surface area contributed by atoms with E-state index in [-0.39, 0.29) is 16.8 Å². The summed E-state index contributed by atoms with van der Waals surface area (Å²) < 4.78 is 15.0. The van der Waals surface area contributed by atoms with Gasteiger partial charge >= 0.3 is 22.6 Å². The van der Waals surface area contributed by atoms with Gasteiger partial charge in [0.25, 0.3) is 0 Å². The number of rotatable bonds is 3. The first-order valence-electron chi connectivity index (χ1n) is 7.63. The smallest absolute Gasteiger partial charge is 0 e. The van der Waals surface area contributed by atoms with Crippen LogP contribution in [0.5, 0.6) is 0 Å². The van der Waals surface area contributed by atoms with Gasteiger partial charge in [0.05, 0.1) is 0 Å². The molecule has 0 fully saturated rings. The minimum absolute atomic E-state index is 0. The van der Waals surface area contributed by atoms with Crippen molar-refractivity contribution in [1.82, 2.24) is 0 Å². The summed E-state index contributed by atoms with van der Waals surface area (Å²) in [6.45, 7) is 15.5. The van der Waals surface area contributed by atoms with E-state index in [1.165, 1.54) is 22.0 Å². The van der Waals surface area contributed by atoms with Gasteiger partial charge in [-0.1, -0.05) is 97.1 Å². The van der Waals surface area contributed by atoms with Crippen molar-refractivity contribution in [2.45, 2.75) is 0 Å². The van der Waals surface area contributed by atoms with Crippen LogP contribution in [-0.2, 0) is 26.1 Å². The molecule has 4 heteroatoms. The average molecular weight is 418 g/mol. The fourth-order valence-electron chi connectivity index (χ4n) is 2.18. The molecule has 0 saturated carbocycles. The largest absolute Gasteiger partial charge is 0.103 e. The van der Waals surface area contributed by atoms with E-state index in [0.717, 1.165) is 0 Å². The van der Waals surface area contributed by atoms with Gasteiger partial charge in [0.15, 0.2) is 0 Å². The first-order chi connectivity index (χ1) is 12.9. The minimum Gasteiger partial charge on any atom is -0.103 e. The Balaban J connectivity index is 0. The summed E-state index contributed by atoms with van der Waals surface area (Å²) >= 11 is 0. The van der Waals surface area contributed by atoms with Crippen molar-refractivity contribution in [3.63, 3.8) is 0 Å². The van der Waals surface area contributed by atoms with Crippen LogP contribution < -0.4 is 15.9 Å². The van der Waals surface area contributed by atoms with Gasteiger partial charge in [0.1, 0.15) is 0 Å². The zero-order valence-electron chi connectivity index (χ0n) is 14.7. The zero-order valence-corrected chi connectivity index (χ0v) is 16.7. The molecule has 27 heavy (non-hydrogen) atoms. The summed E-state index contributed by atoms with van der Waals surface area (Å²) in [4.78, 5) is 0. The maximum absolute atomic E-state index is 7.50. The number of hydrogen-bond acceptors (Lipinski definition) is 0. The van der Waals surface area contributed by atoms with E-state index in [1.54, 1.807) is 0 Å². The summed E-state index contributed by atoms with van der Waals surface area (Å²) in [7, 11) is -0.446. The average Bonchev–Trinajstić information content (AvgIpc) is 2.74. The number of allylic oxidation sites excluding steroid dienone is 1. The Morgan fingerprint density at radius 2 is 0.778 bits per heavy atom. The molecule has 0 saturated heterocycles. The first kappa shape index (κ1) is 27.0. The van der Waals surface area contributed by atoms with Gasteiger partial charge in [0, 0.05) is 16.8 Å². The summed E-state index contributed by atoms with van der Waals surface area (Å²) in [6, 6.07) is 32.3. The van der Waals surface area contributed by atoms with Crippen molar-refractivity contribution in [1.29, 1.82) is 0 Å². The summed E-state index contributed by atoms with van der Waals surface area (Å²) in [5, 5.41) is 4.19. The summed E-state index contributed by atoms with van der Waals surface area (Å²) in [5.41, 5.74) is 0. The zero-order chi connectivity index (χ0) is 19.6. The Kier molecular flexibility index (Phi) is 18.6. The van der Waals surface area contributed by atoms with Gasteiger partial charge in [-0.2, -0.15) is 0 Å². The second kappa shape index (κ2) is 18.6. The molecule has 0 aromatic heterocycles. The standard InChI is InChI=1S/C18H15P.C3H5.2CO.Co/c1-4-10-16(11-5-1)19(17-12-6-2-7-13-17)18-14-8-3-9-15-18;1-3-2;2*1-2;/h1-15H;3H,1-2H2;;;. The number of benzene rings is 3. The summed E-state index contributed by atoms with van der Waals surface area (Å²) in [6.07, 6.45) is 1.50. The molecule has 0 heterocycles. The van der Waals surface area contributed by atoms with Crippen molar-refractivity contribution in [3.8, 4) is 0 Å². The number of hydrogen-bond donors (Lipinski definition) is 0. The van der Waals surface area contributed by atoms with E-state index in [2.05, 4.69) is 118 Å². The van der Waals surface area contributed by atoms with E-state index >= 15 is 0 Å². The molecule has 3 aromatic carbocycles. The molecule has 2 radical (unpaired) electrons. The third kappa shape index (κ3) is 9.91. The van der Waals surface area contributed by atoms with Crippen molar-refractivity contribution in [2.24, 2.45) is 0 Å². The quantitative estimate of drug-likeness (QED) is 0.344. The Bertz CT molecular complexity index is 657. The van der Waals surface area contributed by atoms with E-state index in [1.807, 2.05) is 0 Å². The maximum Gasteiger partial charge on any atom is 0 e. The predicted molar refractivity (Wildman–Crippen MR) is 109 cm³/mol. The van der Waals surface area contributed by atoms with Gasteiger partial charge in [-0.05, 0) is 30.8 Å². The van der Waals surface area contributed by atoms with E-state index in [4.69, 9.17) is 9.30 Å². The second-order valence-electron chi connectivity index (χ2n) is 4.63. The van der Waals surface area contributed by atoms with E-state index in [0.29, 0.717) is 0 Å². The molecule has 0 atom stereocenters. The van der Waals surface area contributed by atoms with Crippen LogP contribution >= 0.6 is 7.92 Å². The van der Waals surface area contributed by atoms with Crippen LogP contribution in [0.3, 0.4) is 0 Å². The molecular weight excluding hydrogens is 398 g/mol. The van der Waals surface area contributed by atoms with Crippen molar-refractivity contribution >= 4 is 23.8 Å². The van der Waals surface area contributed by atoms with Crippen LogP contribution in [0, 0.1) is 20.2 Å². The van der Waals surface area contributed by atoms with E-state index < -0.39 is 7.92 Å². The van der Waals surface area contributed by atoms with Crippen LogP contribution in [0.25, 0.3) is 0 Å². The molecule has 0 unspecified atom stereocenters. The molecule has 3 rings (SSSR count). The molecule has 3 aromatic rings. The molecule has 0 amide bonds. The third-order valence-electron chi connectivity index (χ3n) is 3.04. The Morgan fingerprint density at radius 1 is 0.593 bits per heavy atom. The van der Waals surface area contributed by atoms with Crippen LogP contribution in [0.15, 0.2) is 104 Å². The molecule has 0 aliphatic rings. The summed E-state index contributed by atoms with van der Waals surface area (Å²) in [5.74, 6) is 0. The van der Waals surface area contributed by atoms with Crippen LogP contribution in [-0.4, -0.2) is 0 Å². The minimum atomic E-state index is -0.446. The monoisotopic (exact) mass is 418 g/mol. The fourth-order valence-corrected chi connectivity index (χ4v) is 4.48. The molecule has 0 aliphatic carbocycles. The van der Waals surface area contributed by atoms with Crippen molar-refractivity contribution in [3.05, 3.63) is 124 Å². The van der Waals surface area contributed by atoms with E-state index in [9.17, 15) is 0 Å². The molecule has 0 N–H and O–H groups in total. The molecule has 0 aliphatic heterocycles. The van der Waals surface area contributed by atoms with Gasteiger partial charge in [-0.3, -0.25) is 0 Å². The topological polar surface area (TPSA) is 39.8 Å². The van der Waals surface area contributed by atoms with Gasteiger partial charge in [-0.25, -0.2) is 0 Å². The Labute approximate surface area is 173 Å².